The van der Waals surface area contributed by atoms with E-state index in [2.05, 4.69) is 33.0 Å². The summed E-state index contributed by atoms with van der Waals surface area (Å²) in [6.45, 7) is 23.7. The molecular weight excluding hydrogens is 526 g/mol. The van der Waals surface area contributed by atoms with Crippen molar-refractivity contribution in [2.45, 2.75) is 142 Å². The molecular formula is C31H57N3O5S. The molecule has 8 nitrogen and oxygen atoms in total. The van der Waals surface area contributed by atoms with Crippen molar-refractivity contribution in [1.82, 2.24) is 10.2 Å². The molecule has 1 N–H and O–H groups in total. The van der Waals surface area contributed by atoms with Gasteiger partial charge in [-0.2, -0.15) is 0 Å². The van der Waals surface area contributed by atoms with Gasteiger partial charge in [0.2, 0.25) is 5.91 Å². The number of carboxylic acid groups (broad SMARTS) is 1. The molecule has 2 saturated heterocycles. The van der Waals surface area contributed by atoms with Gasteiger partial charge in [-0.1, -0.05) is 53.4 Å². The maximum atomic E-state index is 12.3. The number of ether oxygens (including phenoxy) is 1. The third-order valence-electron chi connectivity index (χ3n) is 7.68. The molecule has 0 saturated carbocycles. The number of unbranched alkanes of at least 4 members (excludes halogenated alkanes) is 4. The predicted octanol–water partition coefficient (Wildman–Crippen LogP) is 4.62. The number of quaternary nitrogens is 1. The van der Waals surface area contributed by atoms with E-state index in [1.54, 1.807) is 34.6 Å². The molecule has 2 heterocycles. The van der Waals surface area contributed by atoms with Crippen molar-refractivity contribution >= 4 is 29.6 Å². The number of esters is 1. The first kappa shape index (κ1) is 36.3. The van der Waals surface area contributed by atoms with Crippen molar-refractivity contribution in [2.24, 2.45) is 0 Å². The summed E-state index contributed by atoms with van der Waals surface area (Å²) < 4.78 is 5.81. The molecule has 1 unspecified atom stereocenters. The van der Waals surface area contributed by atoms with E-state index in [9.17, 15) is 19.5 Å². The normalized spacial score (nSPS) is 21.9. The smallest absolute Gasteiger partial charge is 0.332 e. The Labute approximate surface area is 248 Å². The van der Waals surface area contributed by atoms with E-state index in [-0.39, 0.29) is 17.4 Å². The van der Waals surface area contributed by atoms with Crippen LogP contribution in [0.15, 0.2) is 11.8 Å². The molecule has 0 aromatic carbocycles. The zero-order chi connectivity index (χ0) is 30.5. The van der Waals surface area contributed by atoms with Crippen LogP contribution in [0.5, 0.6) is 0 Å². The zero-order valence-electron chi connectivity index (χ0n) is 26.7. The van der Waals surface area contributed by atoms with Crippen LogP contribution in [0.25, 0.3) is 0 Å². The van der Waals surface area contributed by atoms with Gasteiger partial charge >= 0.3 is 5.97 Å². The number of fused-ring (bicyclic) bond motifs is 1. The first-order valence-corrected chi connectivity index (χ1v) is 16.4. The fraction of sp³-hybridized carbons (Fsp3) is 0.839. The molecule has 2 aliphatic rings. The van der Waals surface area contributed by atoms with Crippen LogP contribution < -0.4 is 10.4 Å². The Hall–Kier alpha value is -1.74. The van der Waals surface area contributed by atoms with Gasteiger partial charge in [-0.15, -0.1) is 11.8 Å². The molecule has 2 fully saturated rings. The predicted molar refractivity (Wildman–Crippen MR) is 162 cm³/mol. The minimum Gasteiger partial charge on any atom is -0.548 e. The maximum absolute atomic E-state index is 12.3. The van der Waals surface area contributed by atoms with E-state index < -0.39 is 28.8 Å². The number of hydrogen-bond donors (Lipinski definition) is 1. The van der Waals surface area contributed by atoms with Crippen molar-refractivity contribution < 1.29 is 28.7 Å². The van der Waals surface area contributed by atoms with Crippen molar-refractivity contribution in [3.63, 3.8) is 0 Å². The first-order chi connectivity index (χ1) is 18.8. The highest BCUT2D eigenvalue weighted by molar-refractivity contribution is 8.01. The quantitative estimate of drug-likeness (QED) is 0.116. The Bertz CT molecular complexity index is 807. The van der Waals surface area contributed by atoms with E-state index in [4.69, 9.17) is 4.74 Å². The number of nitrogens with zero attached hydrogens (tertiary/aromatic N) is 2. The Balaban J connectivity index is 0.000000421. The van der Waals surface area contributed by atoms with Crippen LogP contribution in [0.4, 0.5) is 0 Å². The summed E-state index contributed by atoms with van der Waals surface area (Å²) >= 11 is 1.42. The van der Waals surface area contributed by atoms with E-state index in [1.165, 1.54) is 105 Å². The van der Waals surface area contributed by atoms with E-state index in [0.29, 0.717) is 5.70 Å². The number of hydrogen-bond acceptors (Lipinski definition) is 7. The second-order valence-corrected chi connectivity index (χ2v) is 13.9. The molecule has 0 radical (unpaired) electrons. The van der Waals surface area contributed by atoms with Gasteiger partial charge in [0.1, 0.15) is 11.4 Å². The molecule has 0 bridgehead atoms. The van der Waals surface area contributed by atoms with Gasteiger partial charge in [0.25, 0.3) is 0 Å². The lowest BCUT2D eigenvalue weighted by molar-refractivity contribution is -0.929. The summed E-state index contributed by atoms with van der Waals surface area (Å²) in [5.41, 5.74) is 0.504. The molecule has 232 valence electrons. The lowest BCUT2D eigenvalue weighted by atomic mass is 9.96. The van der Waals surface area contributed by atoms with Gasteiger partial charge in [-0.3, -0.25) is 4.79 Å². The monoisotopic (exact) mass is 583 g/mol. The van der Waals surface area contributed by atoms with Crippen molar-refractivity contribution in [3.05, 3.63) is 11.8 Å². The molecule has 0 aromatic rings. The van der Waals surface area contributed by atoms with Crippen LogP contribution >= 0.6 is 11.8 Å². The van der Waals surface area contributed by atoms with Gasteiger partial charge < -0.3 is 29.3 Å². The summed E-state index contributed by atoms with van der Waals surface area (Å²) in [4.78, 5) is 36.5. The Morgan fingerprint density at radius 1 is 1.00 bits per heavy atom. The third-order valence-corrected chi connectivity index (χ3v) is 9.25. The highest BCUT2D eigenvalue weighted by Gasteiger charge is 2.61. The first-order valence-electron chi connectivity index (χ1n) is 15.5. The van der Waals surface area contributed by atoms with Gasteiger partial charge in [-0.25, -0.2) is 4.79 Å². The fourth-order valence-electron chi connectivity index (χ4n) is 5.50. The highest BCUT2D eigenvalue weighted by Crippen LogP contribution is 2.50. The number of thioether (sulfide) groups is 1. The summed E-state index contributed by atoms with van der Waals surface area (Å²) in [5.74, 6) is -2.03. The van der Waals surface area contributed by atoms with Crippen LogP contribution in [-0.4, -0.2) is 81.7 Å². The second kappa shape index (κ2) is 17.3. The average Bonchev–Trinajstić information content (AvgIpc) is 3.14. The molecule has 2 aliphatic heterocycles. The molecule has 3 atom stereocenters. The maximum Gasteiger partial charge on any atom is 0.332 e. The van der Waals surface area contributed by atoms with Gasteiger partial charge in [-0.05, 0) is 60.3 Å². The van der Waals surface area contributed by atoms with E-state index in [0.717, 1.165) is 0 Å². The van der Waals surface area contributed by atoms with E-state index >= 15 is 0 Å². The molecule has 40 heavy (non-hydrogen) atoms. The SMILES string of the molecule is C/C(=C\C(=O)OC(C)C)NC1C(=O)N2[C@@H]1SC(C)(C)[C@@H]2C(=O)[O-].CCCC[N+](CCCC)(CCCC)CCCC. The van der Waals surface area contributed by atoms with Crippen molar-refractivity contribution in [2.75, 3.05) is 26.2 Å². The number of amides is 1. The van der Waals surface area contributed by atoms with Crippen molar-refractivity contribution in [3.8, 4) is 0 Å². The number of allylic oxidation sites excluding steroid dienone is 1. The molecule has 9 heteroatoms. The lowest BCUT2D eigenvalue weighted by Crippen LogP contribution is -2.70. The molecule has 0 aliphatic carbocycles. The fourth-order valence-corrected chi connectivity index (χ4v) is 7.12. The van der Waals surface area contributed by atoms with Crippen LogP contribution in [0, 0.1) is 0 Å². The number of β-lactam (4-membered cyclic amide) rings is 1. The van der Waals surface area contributed by atoms with Crippen molar-refractivity contribution in [1.29, 1.82) is 0 Å². The number of carboxylic acids is 1. The average molecular weight is 584 g/mol. The molecule has 0 spiro atoms. The summed E-state index contributed by atoms with van der Waals surface area (Å²) in [5, 5.41) is 14.0. The minimum absolute atomic E-state index is 0.220. The van der Waals surface area contributed by atoms with Gasteiger partial charge in [0.05, 0.1) is 44.3 Å². The molecule has 0 aromatic heterocycles. The Morgan fingerprint density at radius 2 is 1.45 bits per heavy atom. The number of aliphatic carboxylic acids is 1. The number of carbonyl (C=O) groups is 3. The third kappa shape index (κ3) is 10.6. The minimum atomic E-state index is -1.25. The van der Waals surface area contributed by atoms with Gasteiger partial charge in [0, 0.05) is 16.5 Å². The van der Waals surface area contributed by atoms with Crippen LogP contribution in [0.3, 0.4) is 0 Å². The Kier molecular flexibility index (Phi) is 15.7. The summed E-state index contributed by atoms with van der Waals surface area (Å²) in [6, 6.07) is -1.50. The highest BCUT2D eigenvalue weighted by atomic mass is 32.2. The van der Waals surface area contributed by atoms with Crippen LogP contribution in [0.2, 0.25) is 0 Å². The van der Waals surface area contributed by atoms with E-state index in [1.807, 2.05) is 0 Å². The number of nitrogens with one attached hydrogen (secondary N) is 1. The zero-order valence-corrected chi connectivity index (χ0v) is 27.5. The lowest BCUT2D eigenvalue weighted by Gasteiger charge is -2.45. The van der Waals surface area contributed by atoms with Crippen LogP contribution in [0.1, 0.15) is 114 Å². The topological polar surface area (TPSA) is 98.8 Å². The molecule has 2 rings (SSSR count). The number of carbonyl (C=O) groups excluding carboxylic acids is 3. The van der Waals surface area contributed by atoms with Crippen LogP contribution in [-0.2, 0) is 19.1 Å². The summed E-state index contributed by atoms with van der Waals surface area (Å²) in [7, 11) is 0. The number of rotatable bonds is 17. The van der Waals surface area contributed by atoms with Gasteiger partial charge in [0.15, 0.2) is 0 Å². The standard InChI is InChI=1S/C16H36N.C15H22N2O5S/c1-5-9-13-17(14-10-6-2,15-11-7-3)16-12-8-4;1-7(2)22-9(18)6-8(3)16-10-12(19)17-11(14(20)21)15(4,5)23-13(10)17/h5-16H2,1-4H3;6-7,10-11,13,16H,1-5H3,(H,20,21)/q+1;/p-1/b;8-6+/t;10?,11-,13+/m.0/s1. The largest absolute Gasteiger partial charge is 0.548 e. The summed E-state index contributed by atoms with van der Waals surface area (Å²) in [6.07, 6.45) is 12.1. The Morgan fingerprint density at radius 3 is 1.82 bits per heavy atom. The molecule has 1 amide bonds. The second-order valence-electron chi connectivity index (χ2n) is 12.2.